The molecule has 0 saturated carbocycles. The number of sulfonamides is 1. The number of primary amides is 1. The number of carbonyl (C=O) groups excluding carboxylic acids is 1. The summed E-state index contributed by atoms with van der Waals surface area (Å²) in [6.07, 6.45) is 0. The number of halogens is 2. The van der Waals surface area contributed by atoms with E-state index in [1.807, 2.05) is 0 Å². The number of rotatable bonds is 5. The number of hydrogen-bond donors (Lipinski definition) is 2. The Bertz CT molecular complexity index is 588. The molecule has 0 spiro atoms. The lowest BCUT2D eigenvalue weighted by Gasteiger charge is -2.19. The van der Waals surface area contributed by atoms with Gasteiger partial charge in [0.15, 0.2) is 0 Å². The fourth-order valence-corrected chi connectivity index (χ4v) is 3.14. The maximum Gasteiger partial charge on any atom is 0.241 e. The quantitative estimate of drug-likeness (QED) is 0.865. The van der Waals surface area contributed by atoms with Gasteiger partial charge in [0.2, 0.25) is 15.9 Å². The van der Waals surface area contributed by atoms with Crippen molar-refractivity contribution in [3.05, 3.63) is 28.2 Å². The SMILES string of the molecule is CC(C)[C@H](NS(=O)(=O)c1ccc(Cl)c(Cl)c1)C(N)=O. The summed E-state index contributed by atoms with van der Waals surface area (Å²) in [5.74, 6) is -1.01. The zero-order valence-corrected chi connectivity index (χ0v) is 12.7. The molecule has 0 aliphatic carbocycles. The van der Waals surface area contributed by atoms with E-state index in [4.69, 9.17) is 28.9 Å². The molecule has 1 rings (SSSR count). The van der Waals surface area contributed by atoms with Crippen LogP contribution in [0.2, 0.25) is 10.0 Å². The molecule has 0 aliphatic rings. The summed E-state index contributed by atoms with van der Waals surface area (Å²) in [6, 6.07) is 2.89. The van der Waals surface area contributed by atoms with E-state index >= 15 is 0 Å². The standard InChI is InChI=1S/C11H14Cl2N2O3S/c1-6(2)10(11(14)16)15-19(17,18)7-3-4-8(12)9(13)5-7/h3-6,10,15H,1-2H3,(H2,14,16)/t10-/m0/s1. The molecule has 1 aromatic carbocycles. The average Bonchev–Trinajstić information content (AvgIpc) is 2.28. The third kappa shape index (κ3) is 4.07. The zero-order chi connectivity index (χ0) is 14.8. The molecular formula is C11H14Cl2N2O3S. The second-order valence-corrected chi connectivity index (χ2v) is 6.85. The summed E-state index contributed by atoms with van der Waals surface area (Å²) in [7, 11) is -3.88. The minimum Gasteiger partial charge on any atom is -0.368 e. The van der Waals surface area contributed by atoms with Crippen molar-refractivity contribution in [1.82, 2.24) is 4.72 Å². The van der Waals surface area contributed by atoms with Gasteiger partial charge in [-0.2, -0.15) is 4.72 Å². The maximum atomic E-state index is 12.1. The van der Waals surface area contributed by atoms with Crippen molar-refractivity contribution in [1.29, 1.82) is 0 Å². The Balaban J connectivity index is 3.10. The number of amides is 1. The second kappa shape index (κ2) is 6.09. The number of nitrogens with one attached hydrogen (secondary N) is 1. The van der Waals surface area contributed by atoms with E-state index in [1.54, 1.807) is 13.8 Å². The largest absolute Gasteiger partial charge is 0.368 e. The molecule has 1 atom stereocenters. The smallest absolute Gasteiger partial charge is 0.241 e. The highest BCUT2D eigenvalue weighted by atomic mass is 35.5. The van der Waals surface area contributed by atoms with Gasteiger partial charge in [0.1, 0.15) is 6.04 Å². The van der Waals surface area contributed by atoms with Crippen LogP contribution < -0.4 is 10.5 Å². The monoisotopic (exact) mass is 324 g/mol. The molecule has 1 aromatic rings. The molecule has 19 heavy (non-hydrogen) atoms. The Morgan fingerprint density at radius 2 is 1.84 bits per heavy atom. The van der Waals surface area contributed by atoms with E-state index in [9.17, 15) is 13.2 Å². The van der Waals surface area contributed by atoms with Gasteiger partial charge in [-0.1, -0.05) is 37.0 Å². The highest BCUT2D eigenvalue weighted by Gasteiger charge is 2.26. The molecule has 0 aliphatic heterocycles. The molecule has 0 aromatic heterocycles. The topological polar surface area (TPSA) is 89.3 Å². The molecule has 0 heterocycles. The van der Waals surface area contributed by atoms with Crippen LogP contribution in [0.1, 0.15) is 13.8 Å². The van der Waals surface area contributed by atoms with Gasteiger partial charge in [0.05, 0.1) is 14.9 Å². The number of benzene rings is 1. The van der Waals surface area contributed by atoms with Crippen LogP contribution in [0.25, 0.3) is 0 Å². The molecule has 106 valence electrons. The molecule has 1 amide bonds. The first-order valence-electron chi connectivity index (χ1n) is 5.42. The summed E-state index contributed by atoms with van der Waals surface area (Å²) in [5, 5.41) is 0.362. The fourth-order valence-electron chi connectivity index (χ4n) is 1.40. The molecular weight excluding hydrogens is 311 g/mol. The summed E-state index contributed by atoms with van der Waals surface area (Å²) in [6.45, 7) is 3.37. The van der Waals surface area contributed by atoms with Crippen LogP contribution >= 0.6 is 23.2 Å². The predicted octanol–water partition coefficient (Wildman–Crippen LogP) is 1.78. The van der Waals surface area contributed by atoms with Crippen molar-refractivity contribution in [3.63, 3.8) is 0 Å². The Hall–Kier alpha value is -0.820. The Morgan fingerprint density at radius 1 is 1.26 bits per heavy atom. The maximum absolute atomic E-state index is 12.1. The summed E-state index contributed by atoms with van der Waals surface area (Å²) < 4.78 is 26.4. The molecule has 3 N–H and O–H groups in total. The van der Waals surface area contributed by atoms with Crippen molar-refractivity contribution in [3.8, 4) is 0 Å². The first-order chi connectivity index (χ1) is 8.65. The summed E-state index contributed by atoms with van der Waals surface area (Å²) in [5.41, 5.74) is 5.16. The number of hydrogen-bond acceptors (Lipinski definition) is 3. The van der Waals surface area contributed by atoms with Gasteiger partial charge >= 0.3 is 0 Å². The van der Waals surface area contributed by atoms with E-state index < -0.39 is 22.0 Å². The first kappa shape index (κ1) is 16.2. The van der Waals surface area contributed by atoms with Crippen LogP contribution in [-0.4, -0.2) is 20.4 Å². The predicted molar refractivity (Wildman–Crippen MR) is 74.6 cm³/mol. The zero-order valence-electron chi connectivity index (χ0n) is 10.4. The third-order valence-corrected chi connectivity index (χ3v) is 4.63. The highest BCUT2D eigenvalue weighted by molar-refractivity contribution is 7.89. The fraction of sp³-hybridized carbons (Fsp3) is 0.364. The van der Waals surface area contributed by atoms with Gasteiger partial charge in [0.25, 0.3) is 0 Å². The van der Waals surface area contributed by atoms with E-state index in [-0.39, 0.29) is 20.9 Å². The Morgan fingerprint density at radius 3 is 2.26 bits per heavy atom. The normalized spacial score (nSPS) is 13.5. The Labute approximate surface area is 122 Å². The van der Waals surface area contributed by atoms with Crippen molar-refractivity contribution >= 4 is 39.1 Å². The van der Waals surface area contributed by atoms with Crippen molar-refractivity contribution in [2.45, 2.75) is 24.8 Å². The molecule has 8 heteroatoms. The minimum absolute atomic E-state index is 0.0752. The van der Waals surface area contributed by atoms with Crippen LogP contribution in [0.3, 0.4) is 0 Å². The van der Waals surface area contributed by atoms with E-state index in [0.29, 0.717) is 0 Å². The molecule has 5 nitrogen and oxygen atoms in total. The lowest BCUT2D eigenvalue weighted by atomic mass is 10.1. The first-order valence-corrected chi connectivity index (χ1v) is 7.65. The van der Waals surface area contributed by atoms with Crippen molar-refractivity contribution in [2.75, 3.05) is 0 Å². The number of carbonyl (C=O) groups is 1. The van der Waals surface area contributed by atoms with E-state index in [2.05, 4.69) is 4.72 Å². The molecule has 0 saturated heterocycles. The molecule has 0 unspecified atom stereocenters. The average molecular weight is 325 g/mol. The van der Waals surface area contributed by atoms with Gasteiger partial charge in [0, 0.05) is 0 Å². The minimum atomic E-state index is -3.88. The van der Waals surface area contributed by atoms with Gasteiger partial charge in [-0.25, -0.2) is 8.42 Å². The Kier molecular flexibility index (Phi) is 5.20. The summed E-state index contributed by atoms with van der Waals surface area (Å²) >= 11 is 11.5. The van der Waals surface area contributed by atoms with Crippen molar-refractivity contribution in [2.24, 2.45) is 11.7 Å². The van der Waals surface area contributed by atoms with Gasteiger partial charge in [-0.3, -0.25) is 4.79 Å². The van der Waals surface area contributed by atoms with Crippen LogP contribution in [0.5, 0.6) is 0 Å². The van der Waals surface area contributed by atoms with E-state index in [1.165, 1.54) is 18.2 Å². The number of nitrogens with two attached hydrogens (primary N) is 1. The molecule has 0 radical (unpaired) electrons. The van der Waals surface area contributed by atoms with Crippen LogP contribution in [0, 0.1) is 5.92 Å². The molecule has 0 fully saturated rings. The van der Waals surface area contributed by atoms with Gasteiger partial charge in [-0.05, 0) is 24.1 Å². The van der Waals surface area contributed by atoms with Gasteiger partial charge < -0.3 is 5.73 Å². The third-order valence-electron chi connectivity index (χ3n) is 2.46. The second-order valence-electron chi connectivity index (χ2n) is 4.32. The lowest BCUT2D eigenvalue weighted by Crippen LogP contribution is -2.47. The van der Waals surface area contributed by atoms with Gasteiger partial charge in [-0.15, -0.1) is 0 Å². The molecule has 0 bridgehead atoms. The summed E-state index contributed by atoms with van der Waals surface area (Å²) in [4.78, 5) is 11.1. The lowest BCUT2D eigenvalue weighted by molar-refractivity contribution is -0.120. The van der Waals surface area contributed by atoms with Crippen molar-refractivity contribution < 1.29 is 13.2 Å². The highest BCUT2D eigenvalue weighted by Crippen LogP contribution is 2.25. The van der Waals surface area contributed by atoms with Crippen LogP contribution in [-0.2, 0) is 14.8 Å². The van der Waals surface area contributed by atoms with Crippen LogP contribution in [0.15, 0.2) is 23.1 Å². The van der Waals surface area contributed by atoms with Crippen LogP contribution in [0.4, 0.5) is 0 Å². The van der Waals surface area contributed by atoms with E-state index in [0.717, 1.165) is 0 Å².